The van der Waals surface area contributed by atoms with E-state index in [4.69, 9.17) is 79.9 Å². The number of aromatic hydroxyl groups is 3. The Morgan fingerprint density at radius 2 is 1.29 bits per heavy atom. The van der Waals surface area contributed by atoms with E-state index in [-0.39, 0.29) is 52.8 Å². The summed E-state index contributed by atoms with van der Waals surface area (Å²) in [7, 11) is 1.47. The number of likely N-dealkylation sites (N-methyl/N-ethyl adjacent to an activating group) is 1. The zero-order valence-electron chi connectivity index (χ0n) is 62.0. The molecule has 0 saturated carbocycles. The largest absolute Gasteiger partial charge is 0.508 e. The highest BCUT2D eigenvalue weighted by atomic mass is 35.5. The molecule has 2 fully saturated rings. The highest BCUT2D eigenvalue weighted by Gasteiger charge is 2.52. The molecule has 9 amide bonds. The fraction of sp³-hybridized carbons (Fsp3) is 0.387. The lowest BCUT2D eigenvalue weighted by atomic mass is 9.86. The van der Waals surface area contributed by atoms with Crippen LogP contribution < -0.4 is 73.7 Å². The van der Waals surface area contributed by atoms with Gasteiger partial charge in [0, 0.05) is 45.3 Å². The summed E-state index contributed by atoms with van der Waals surface area (Å²) < 4.78 is 38.3. The number of nitrogens with one attached hydrogen (secondary N) is 9. The normalized spacial score (nSPS) is 26.9. The number of fused-ring (bicyclic) bond motifs is 15. The molecule has 622 valence electrons. The molecule has 0 aliphatic carbocycles. The van der Waals surface area contributed by atoms with Crippen LogP contribution in [0.15, 0.2) is 103 Å². The van der Waals surface area contributed by atoms with Crippen molar-refractivity contribution < 1.29 is 133 Å². The van der Waals surface area contributed by atoms with Gasteiger partial charge in [0.2, 0.25) is 53.4 Å². The minimum Gasteiger partial charge on any atom is -0.508 e. The van der Waals surface area contributed by atoms with Crippen molar-refractivity contribution in [2.24, 2.45) is 17.4 Å². The van der Waals surface area contributed by atoms with Crippen molar-refractivity contribution >= 4 is 93.9 Å². The number of carboxylic acids is 1. The fourth-order valence-electron chi connectivity index (χ4n) is 13.4. The number of carbonyl (C=O) groups is 10. The maximum Gasteiger partial charge on any atom is 0.330 e. The first kappa shape index (κ1) is 87.6. The Balaban J connectivity index is 0.000000850. The first-order valence-corrected chi connectivity index (χ1v) is 36.9. The van der Waals surface area contributed by atoms with Crippen molar-refractivity contribution in [3.8, 4) is 57.1 Å². The molecular weight excluding hydrogens is 1590 g/mol. The lowest BCUT2D eigenvalue weighted by Crippen LogP contribution is -2.64. The Hall–Kier alpha value is -10.8. The number of aliphatic carboxylic acids is 1. The number of hydrogen-bond acceptors (Lipinski definition) is 28. The molecule has 41 heteroatoms. The summed E-state index contributed by atoms with van der Waals surface area (Å²) in [5.74, 6) is -17.1. The number of rotatable bonds is 16. The van der Waals surface area contributed by atoms with Gasteiger partial charge in [0.15, 0.2) is 29.9 Å². The number of nitrogens with two attached hydrogens (primary N) is 2. The second-order valence-electron chi connectivity index (χ2n) is 28.4. The van der Waals surface area contributed by atoms with E-state index in [9.17, 15) is 84.6 Å². The van der Waals surface area contributed by atoms with E-state index in [1.807, 2.05) is 13.8 Å². The van der Waals surface area contributed by atoms with E-state index in [2.05, 4.69) is 42.5 Å². The Morgan fingerprint density at radius 1 is 0.690 bits per heavy atom. The first-order chi connectivity index (χ1) is 54.8. The molecule has 0 spiro atoms. The van der Waals surface area contributed by atoms with Crippen molar-refractivity contribution in [2.45, 2.75) is 156 Å². The van der Waals surface area contributed by atoms with Crippen LogP contribution in [-0.4, -0.2) is 215 Å². The van der Waals surface area contributed by atoms with Gasteiger partial charge in [0.25, 0.3) is 11.8 Å². The fourth-order valence-corrected chi connectivity index (χ4v) is 14.0. The molecule has 38 nitrogen and oxygen atoms in total. The Morgan fingerprint density at radius 3 is 1.87 bits per heavy atom. The van der Waals surface area contributed by atoms with Gasteiger partial charge >= 0.3 is 5.97 Å². The standard InChI is InChI=1S/C66H75Cl2N9O24.C9H9ClN2O3/c1-23(2)12-34(71-5)58(88)76-49-51(83)26-7-10-38(32(67)14-26)97-40-16-28-17-41(55(40)101-65-56(54(86)53(85)42(22-78)99-65)100-44-21-66(4,70)57(87)24(3)96-44)98-39-11-8-27(15-33(39)68)52(84)50-63(93)75-48(64(94)95)31-18-29(79)19-37(81)45(31)30-13-25(6-9-36(30)80)46(60(90)77-50)74-61(91)47(28)73-59(89)35(20-43(69)82)72-62(49)92;10-7-3-1-6(2-4-7)9(14)11-5-8(13)12-15/h6-11,13-19,23-24,34-35,42,44,46-54,56-57,65,71,78-81,83-87H,12,20-22,70H2,1-5H3,(H2,69,82)(H,72,92)(H,73,89)(H,74,91)(H,75,93)(H,76,88)(H,77,90)(H,94,95);1-4,15H,5H2,(H,11,14)(H,12,13)/t24-,34+,35-,42+,44-,46+,47+,48+,49+,50-,51+,52+,53+,54-,56+,57?,65-,66-;/m0./s1. The molecule has 116 heavy (non-hydrogen) atoms. The van der Waals surface area contributed by atoms with E-state index in [1.54, 1.807) is 12.1 Å². The number of hydroxylamine groups is 1. The molecule has 6 aromatic rings. The monoisotopic (exact) mass is 1680 g/mol. The van der Waals surface area contributed by atoms with E-state index >= 15 is 14.4 Å². The van der Waals surface area contributed by atoms with Crippen LogP contribution in [0.3, 0.4) is 0 Å². The van der Waals surface area contributed by atoms with Gasteiger partial charge in [-0.2, -0.15) is 0 Å². The highest BCUT2D eigenvalue weighted by molar-refractivity contribution is 6.32. The summed E-state index contributed by atoms with van der Waals surface area (Å²) >= 11 is 19.7. The van der Waals surface area contributed by atoms with E-state index in [1.165, 1.54) is 50.6 Å². The molecule has 24 N–H and O–H groups in total. The summed E-state index contributed by atoms with van der Waals surface area (Å²) in [6.45, 7) is 5.38. The maximum atomic E-state index is 16.0. The second-order valence-corrected chi connectivity index (χ2v) is 29.7. The molecule has 7 heterocycles. The number of benzene rings is 6. The summed E-state index contributed by atoms with van der Waals surface area (Å²) in [6, 6.07) is 5.54. The number of phenols is 3. The molecule has 11 bridgehead atoms. The maximum absolute atomic E-state index is 16.0. The minimum absolute atomic E-state index is 0.0975. The van der Waals surface area contributed by atoms with E-state index in [0.29, 0.717) is 10.6 Å². The van der Waals surface area contributed by atoms with Gasteiger partial charge < -0.3 is 133 Å². The molecule has 13 rings (SSSR count). The van der Waals surface area contributed by atoms with Gasteiger partial charge in [-0.05, 0) is 134 Å². The SMILES string of the molecule is CN[C@H](CC(C)C)C(=O)N[C@H]1C(=O)N[C@@H](CC(N)=O)C(=O)N[C@H]2C(=O)N[C@H]3C(=O)N[C@H](C(=O)N[C@@H](C(=O)O)c4cc(O)cc(O)c4-c4cc3ccc4O)[C@H](O)c3ccc(c(Cl)c3)Oc3cc2cc(c3O[C@@H]2O[C@H](CO)[C@@H](O)[C@H](O)[C@H]2O[C@H]2C[C@](C)(N)C(O)[C@H](C)O2)Oc2ccc(cc2Cl)[C@H]1O.O=C(CNC(=O)c1ccc(Cl)cc1)NO. The van der Waals surface area contributed by atoms with Crippen LogP contribution in [-0.2, 0) is 57.4 Å². The quantitative estimate of drug-likeness (QED) is 0.0468. The number of aliphatic hydroxyl groups excluding tert-OH is 6. The van der Waals surface area contributed by atoms with Gasteiger partial charge in [-0.15, -0.1) is 0 Å². The third kappa shape index (κ3) is 20.0. The van der Waals surface area contributed by atoms with Crippen LogP contribution in [0, 0.1) is 5.92 Å². The number of carboxylic acid groups (broad SMARTS) is 1. The van der Waals surface area contributed by atoms with Crippen LogP contribution in [0.5, 0.6) is 46.0 Å². The second kappa shape index (κ2) is 37.0. The number of amides is 9. The molecule has 0 radical (unpaired) electrons. The van der Waals surface area contributed by atoms with Crippen molar-refractivity contribution in [3.05, 3.63) is 152 Å². The average molecular weight is 1680 g/mol. The number of primary amides is 1. The van der Waals surface area contributed by atoms with E-state index < -0.39 is 249 Å². The molecule has 18 atom stereocenters. The van der Waals surface area contributed by atoms with Gasteiger partial charge in [-0.3, -0.25) is 48.4 Å². The Bertz CT molecular complexity index is 4760. The van der Waals surface area contributed by atoms with Crippen LogP contribution in [0.2, 0.25) is 15.1 Å². The predicted octanol–water partition coefficient (Wildman–Crippen LogP) is 0.681. The van der Waals surface area contributed by atoms with Crippen molar-refractivity contribution in [2.75, 3.05) is 20.2 Å². The molecule has 2 saturated heterocycles. The molecule has 6 aromatic carbocycles. The third-order valence-electron chi connectivity index (χ3n) is 19.4. The van der Waals surface area contributed by atoms with Gasteiger partial charge in [-0.25, -0.2) is 10.3 Å². The zero-order valence-corrected chi connectivity index (χ0v) is 64.3. The molecule has 7 aliphatic heterocycles. The molecular formula is C75H84Cl3N11O27. The Labute approximate surface area is 673 Å². The summed E-state index contributed by atoms with van der Waals surface area (Å²) in [5, 5.41) is 142. The number of halogens is 3. The lowest BCUT2D eigenvalue weighted by Gasteiger charge is -2.47. The molecule has 1 unspecified atom stereocenters. The number of hydrogen-bond donors (Lipinski definition) is 22. The minimum atomic E-state index is -2.35. The van der Waals surface area contributed by atoms with Crippen molar-refractivity contribution in [1.82, 2.24) is 48.0 Å². The molecule has 0 aromatic heterocycles. The van der Waals surface area contributed by atoms with Crippen molar-refractivity contribution in [1.29, 1.82) is 0 Å². The van der Waals surface area contributed by atoms with Crippen LogP contribution in [0.4, 0.5) is 0 Å². The van der Waals surface area contributed by atoms with Gasteiger partial charge in [-0.1, -0.05) is 66.8 Å². The number of ether oxygens (including phenoxy) is 6. The Kier molecular flexibility index (Phi) is 27.9. The predicted molar refractivity (Wildman–Crippen MR) is 403 cm³/mol. The number of carbonyl (C=O) groups excluding carboxylic acids is 9. The summed E-state index contributed by atoms with van der Waals surface area (Å²) in [4.78, 5) is 139. The lowest BCUT2D eigenvalue weighted by molar-refractivity contribution is -0.333. The van der Waals surface area contributed by atoms with E-state index in [0.717, 1.165) is 66.7 Å². The van der Waals surface area contributed by atoms with Crippen molar-refractivity contribution in [3.63, 3.8) is 0 Å². The number of phenolic OH excluding ortho intramolecular Hbond substituents is 3. The third-order valence-corrected chi connectivity index (χ3v) is 20.3. The van der Waals surface area contributed by atoms with Crippen LogP contribution >= 0.6 is 34.8 Å². The topological polar surface area (TPSA) is 609 Å². The summed E-state index contributed by atoms with van der Waals surface area (Å²) in [6.07, 6.45) is -18.6. The van der Waals surface area contributed by atoms with Crippen LogP contribution in [0.1, 0.15) is 115 Å². The average Bonchev–Trinajstić information content (AvgIpc) is 0.767. The van der Waals surface area contributed by atoms with Crippen LogP contribution in [0.25, 0.3) is 11.1 Å². The smallest absolute Gasteiger partial charge is 0.330 e. The summed E-state index contributed by atoms with van der Waals surface area (Å²) in [5.41, 5.74) is 9.80. The highest BCUT2D eigenvalue weighted by Crippen LogP contribution is 2.50. The molecule has 7 aliphatic rings. The van der Waals surface area contributed by atoms with Gasteiger partial charge in [0.1, 0.15) is 89.5 Å². The zero-order chi connectivity index (χ0) is 84.8. The number of aliphatic hydroxyl groups is 6. The van der Waals surface area contributed by atoms with Gasteiger partial charge in [0.05, 0.1) is 47.9 Å². The first-order valence-electron chi connectivity index (χ1n) is 35.7.